The number of carboxylic acid groups (broad SMARTS) is 1. The molecule has 3 heterocycles. The minimum absolute atomic E-state index is 0.00194. The number of nitrogens with one attached hydrogen (secondary N) is 3. The molecule has 1 aliphatic heterocycles. The first-order valence-electron chi connectivity index (χ1n) is 15.0. The van der Waals surface area contributed by atoms with Gasteiger partial charge < -0.3 is 24.6 Å². The van der Waals surface area contributed by atoms with Crippen molar-refractivity contribution in [3.63, 3.8) is 0 Å². The van der Waals surface area contributed by atoms with Crippen LogP contribution in [0.25, 0.3) is 11.2 Å². The molecular weight excluding hydrogens is 556 g/mol. The highest BCUT2D eigenvalue weighted by Gasteiger charge is 2.35. The molecule has 6 rings (SSSR count). The lowest BCUT2D eigenvalue weighted by Gasteiger charge is -2.39. The molecule has 2 atom stereocenters. The number of ether oxygens (including phenoxy) is 1. The third-order valence-electron chi connectivity index (χ3n) is 9.20. The van der Waals surface area contributed by atoms with Crippen LogP contribution in [0, 0.1) is 17.2 Å². The van der Waals surface area contributed by atoms with Crippen molar-refractivity contribution in [3.05, 3.63) is 40.7 Å². The molecule has 12 heteroatoms. The van der Waals surface area contributed by atoms with Crippen molar-refractivity contribution in [2.45, 2.75) is 76.9 Å². The van der Waals surface area contributed by atoms with Gasteiger partial charge >= 0.3 is 6.09 Å². The SMILES string of the molecule is CC1CCC(n2c(N3CCOCC3c3ccc(Cl)cc3)nc3nc(C(=N)NC(=O)O)nc(N[C@H](C)C4CCC4)c32)CC1. The van der Waals surface area contributed by atoms with Crippen LogP contribution in [0.3, 0.4) is 0 Å². The van der Waals surface area contributed by atoms with Gasteiger partial charge in [-0.2, -0.15) is 4.98 Å². The summed E-state index contributed by atoms with van der Waals surface area (Å²) in [6.07, 6.45) is 6.50. The van der Waals surface area contributed by atoms with Crippen LogP contribution in [0.5, 0.6) is 0 Å². The molecule has 2 aromatic heterocycles. The van der Waals surface area contributed by atoms with Crippen molar-refractivity contribution in [3.8, 4) is 0 Å². The standard InChI is InChI=1S/C30H39ClN8O3/c1-17-6-12-22(13-7-17)39-24-26(33-18(2)19-4-3-5-19)35-28(25(32)34-30(40)41)36-27(24)37-29(39)38-14-15-42-16-23(38)20-8-10-21(31)11-9-20/h8-11,17-19,22-23H,3-7,12-16H2,1-2H3,(H2,32,34)(H,40,41)(H,33,35,36)/t17?,18-,22?,23?/m1/s1. The molecule has 4 N–H and O–H groups in total. The van der Waals surface area contributed by atoms with Gasteiger partial charge in [0.25, 0.3) is 0 Å². The molecule has 1 unspecified atom stereocenters. The zero-order valence-corrected chi connectivity index (χ0v) is 24.9. The average Bonchev–Trinajstić information content (AvgIpc) is 3.32. The fourth-order valence-electron chi connectivity index (χ4n) is 6.49. The van der Waals surface area contributed by atoms with E-state index < -0.39 is 6.09 Å². The molecule has 0 bridgehead atoms. The van der Waals surface area contributed by atoms with Gasteiger partial charge in [-0.25, -0.2) is 14.8 Å². The largest absolute Gasteiger partial charge is 0.465 e. The van der Waals surface area contributed by atoms with E-state index in [0.29, 0.717) is 48.1 Å². The van der Waals surface area contributed by atoms with Gasteiger partial charge in [0.2, 0.25) is 5.95 Å². The third kappa shape index (κ3) is 5.76. The number of amides is 1. The number of hydrogen-bond acceptors (Lipinski definition) is 8. The molecule has 1 saturated heterocycles. The van der Waals surface area contributed by atoms with Crippen molar-refractivity contribution in [2.24, 2.45) is 11.8 Å². The number of amidine groups is 1. The molecule has 42 heavy (non-hydrogen) atoms. The second-order valence-electron chi connectivity index (χ2n) is 12.0. The Hall–Kier alpha value is -3.44. The number of anilines is 2. The Morgan fingerprint density at radius 1 is 1.12 bits per heavy atom. The number of aromatic nitrogens is 4. The van der Waals surface area contributed by atoms with E-state index in [4.69, 9.17) is 31.7 Å². The van der Waals surface area contributed by atoms with Crippen molar-refractivity contribution < 1.29 is 14.6 Å². The maximum Gasteiger partial charge on any atom is 0.410 e. The molecule has 3 fully saturated rings. The Morgan fingerprint density at radius 2 is 1.86 bits per heavy atom. The number of imidazole rings is 1. The number of morpholine rings is 1. The average molecular weight is 595 g/mol. The first-order chi connectivity index (χ1) is 20.3. The van der Waals surface area contributed by atoms with E-state index in [1.54, 1.807) is 0 Å². The van der Waals surface area contributed by atoms with Crippen molar-refractivity contribution in [1.29, 1.82) is 5.41 Å². The van der Waals surface area contributed by atoms with Gasteiger partial charge in [0.1, 0.15) is 5.52 Å². The van der Waals surface area contributed by atoms with Gasteiger partial charge in [-0.05, 0) is 75.0 Å². The predicted octanol–water partition coefficient (Wildman–Crippen LogP) is 6.00. The van der Waals surface area contributed by atoms with E-state index in [-0.39, 0.29) is 29.8 Å². The lowest BCUT2D eigenvalue weighted by molar-refractivity contribution is 0.0925. The van der Waals surface area contributed by atoms with Crippen molar-refractivity contribution >= 4 is 46.5 Å². The summed E-state index contributed by atoms with van der Waals surface area (Å²) in [4.78, 5) is 28.2. The summed E-state index contributed by atoms with van der Waals surface area (Å²) >= 11 is 6.22. The van der Waals surface area contributed by atoms with E-state index in [0.717, 1.165) is 55.6 Å². The molecule has 0 radical (unpaired) electrons. The summed E-state index contributed by atoms with van der Waals surface area (Å²) < 4.78 is 8.28. The number of rotatable bonds is 7. The number of fused-ring (bicyclic) bond motifs is 1. The highest BCUT2D eigenvalue weighted by Crippen LogP contribution is 2.42. The number of halogens is 1. The lowest BCUT2D eigenvalue weighted by Crippen LogP contribution is -2.41. The molecule has 2 aliphatic carbocycles. The Kier molecular flexibility index (Phi) is 8.22. The second kappa shape index (κ2) is 12.0. The Bertz CT molecular complexity index is 1450. The van der Waals surface area contributed by atoms with Gasteiger partial charge in [0.15, 0.2) is 23.1 Å². The first kappa shape index (κ1) is 28.7. The molecule has 1 aromatic carbocycles. The van der Waals surface area contributed by atoms with Crippen LogP contribution in [0.4, 0.5) is 16.6 Å². The number of hydrogen-bond donors (Lipinski definition) is 4. The summed E-state index contributed by atoms with van der Waals surface area (Å²) in [5.41, 5.74) is 2.35. The molecule has 0 spiro atoms. The maximum absolute atomic E-state index is 11.4. The van der Waals surface area contributed by atoms with Crippen LogP contribution >= 0.6 is 11.6 Å². The topological polar surface area (TPSA) is 141 Å². The summed E-state index contributed by atoms with van der Waals surface area (Å²) in [5.74, 6) is 2.23. The van der Waals surface area contributed by atoms with E-state index in [2.05, 4.69) is 38.9 Å². The summed E-state index contributed by atoms with van der Waals surface area (Å²) in [7, 11) is 0. The molecular formula is C30H39ClN8O3. The lowest BCUT2D eigenvalue weighted by atomic mass is 9.80. The van der Waals surface area contributed by atoms with Gasteiger partial charge in [-0.1, -0.05) is 37.1 Å². The number of carbonyl (C=O) groups is 1. The molecule has 2 saturated carbocycles. The van der Waals surface area contributed by atoms with Crippen LogP contribution in [-0.2, 0) is 4.74 Å². The number of benzene rings is 1. The number of nitrogens with zero attached hydrogens (tertiary/aromatic N) is 5. The van der Waals surface area contributed by atoms with Gasteiger partial charge in [-0.3, -0.25) is 10.7 Å². The van der Waals surface area contributed by atoms with Crippen LogP contribution < -0.4 is 15.5 Å². The highest BCUT2D eigenvalue weighted by molar-refractivity contribution is 6.30. The zero-order valence-electron chi connectivity index (χ0n) is 24.1. The third-order valence-corrected chi connectivity index (χ3v) is 9.45. The highest BCUT2D eigenvalue weighted by atomic mass is 35.5. The van der Waals surface area contributed by atoms with Crippen LogP contribution in [0.1, 0.15) is 82.3 Å². The van der Waals surface area contributed by atoms with E-state index in [1.807, 2.05) is 24.3 Å². The fourth-order valence-corrected chi connectivity index (χ4v) is 6.62. The Morgan fingerprint density at radius 3 is 2.52 bits per heavy atom. The van der Waals surface area contributed by atoms with E-state index in [9.17, 15) is 9.90 Å². The second-order valence-corrected chi connectivity index (χ2v) is 12.5. The predicted molar refractivity (Wildman–Crippen MR) is 163 cm³/mol. The van der Waals surface area contributed by atoms with Crippen LogP contribution in [-0.4, -0.2) is 62.4 Å². The van der Waals surface area contributed by atoms with Crippen molar-refractivity contribution in [1.82, 2.24) is 24.8 Å². The normalized spacial score (nSPS) is 23.8. The molecule has 11 nitrogen and oxygen atoms in total. The van der Waals surface area contributed by atoms with E-state index in [1.165, 1.54) is 6.42 Å². The van der Waals surface area contributed by atoms with Crippen molar-refractivity contribution in [2.75, 3.05) is 30.0 Å². The molecule has 3 aromatic rings. The summed E-state index contributed by atoms with van der Waals surface area (Å²) in [6.45, 7) is 6.22. The van der Waals surface area contributed by atoms with Gasteiger partial charge in [-0.15, -0.1) is 0 Å². The van der Waals surface area contributed by atoms with Crippen LogP contribution in [0.2, 0.25) is 5.02 Å². The molecule has 224 valence electrons. The monoisotopic (exact) mass is 594 g/mol. The van der Waals surface area contributed by atoms with Crippen LogP contribution in [0.15, 0.2) is 24.3 Å². The maximum atomic E-state index is 11.4. The molecule has 1 amide bonds. The smallest absolute Gasteiger partial charge is 0.410 e. The Balaban J connectivity index is 1.51. The van der Waals surface area contributed by atoms with Gasteiger partial charge in [0.05, 0.1) is 19.3 Å². The minimum Gasteiger partial charge on any atom is -0.465 e. The molecule has 3 aliphatic rings. The Labute approximate surface area is 250 Å². The quantitative estimate of drug-likeness (QED) is 0.193. The first-order valence-corrected chi connectivity index (χ1v) is 15.4. The summed E-state index contributed by atoms with van der Waals surface area (Å²) in [6, 6.07) is 8.17. The minimum atomic E-state index is -1.33. The van der Waals surface area contributed by atoms with E-state index >= 15 is 0 Å². The summed E-state index contributed by atoms with van der Waals surface area (Å²) in [5, 5.41) is 24.1. The zero-order chi connectivity index (χ0) is 29.4. The van der Waals surface area contributed by atoms with Gasteiger partial charge in [0, 0.05) is 23.7 Å². The fraction of sp³-hybridized carbons (Fsp3) is 0.567.